The lowest BCUT2D eigenvalue weighted by Gasteiger charge is -2.26. The minimum atomic E-state index is -1.06. The number of hydrogen-bond donors (Lipinski definition) is 1. The van der Waals surface area contributed by atoms with Gasteiger partial charge in [0, 0.05) is 37.3 Å². The summed E-state index contributed by atoms with van der Waals surface area (Å²) >= 11 is 0. The minimum absolute atomic E-state index is 0.0343. The van der Waals surface area contributed by atoms with Crippen LogP contribution in [-0.4, -0.2) is 38.2 Å². The van der Waals surface area contributed by atoms with Crippen molar-refractivity contribution in [2.75, 3.05) is 6.54 Å². The number of fused-ring (bicyclic) bond motifs is 1. The number of carboxylic acids is 1. The molecule has 1 aliphatic rings. The third-order valence-corrected chi connectivity index (χ3v) is 3.97. The van der Waals surface area contributed by atoms with Gasteiger partial charge in [-0.1, -0.05) is 30.3 Å². The van der Waals surface area contributed by atoms with Crippen molar-refractivity contribution < 1.29 is 14.7 Å². The lowest BCUT2D eigenvalue weighted by Crippen LogP contribution is -2.35. The highest BCUT2D eigenvalue weighted by molar-refractivity contribution is 5.92. The Morgan fingerprint density at radius 1 is 1.26 bits per heavy atom. The number of nitrogens with zero attached hydrogens (tertiary/aromatic N) is 3. The van der Waals surface area contributed by atoms with Crippen LogP contribution in [-0.2, 0) is 24.8 Å². The van der Waals surface area contributed by atoms with Crippen LogP contribution in [0.3, 0.4) is 0 Å². The predicted octanol–water partition coefficient (Wildman–Crippen LogP) is 1.72. The summed E-state index contributed by atoms with van der Waals surface area (Å²) in [5, 5.41) is 13.3. The zero-order valence-electron chi connectivity index (χ0n) is 12.8. The molecule has 1 aromatic heterocycles. The summed E-state index contributed by atoms with van der Waals surface area (Å²) in [6, 6.07) is 9.57. The molecule has 0 bridgehead atoms. The first-order valence-corrected chi connectivity index (χ1v) is 7.36. The van der Waals surface area contributed by atoms with Gasteiger partial charge in [0.1, 0.15) is 0 Å². The van der Waals surface area contributed by atoms with Crippen molar-refractivity contribution in [2.24, 2.45) is 7.05 Å². The standard InChI is InChI=1S/C17H17N3O3/c1-19-14-9-10-20(11-13(14)16(18-19)17(22)23)15(21)8-7-12-5-3-2-4-6-12/h2-8H,9-11H2,1H3,(H,22,23)/b8-7+. The van der Waals surface area contributed by atoms with E-state index in [1.54, 1.807) is 22.7 Å². The number of rotatable bonds is 3. The fourth-order valence-corrected chi connectivity index (χ4v) is 2.79. The van der Waals surface area contributed by atoms with Crippen LogP contribution in [0.25, 0.3) is 6.08 Å². The van der Waals surface area contributed by atoms with E-state index < -0.39 is 5.97 Å². The van der Waals surface area contributed by atoms with Crippen molar-refractivity contribution in [2.45, 2.75) is 13.0 Å². The summed E-state index contributed by atoms with van der Waals surface area (Å²) in [4.78, 5) is 25.3. The molecule has 2 aromatic rings. The smallest absolute Gasteiger partial charge is 0.356 e. The Labute approximate surface area is 133 Å². The topological polar surface area (TPSA) is 75.4 Å². The Bertz CT molecular complexity index is 778. The number of aromatic carboxylic acids is 1. The average molecular weight is 311 g/mol. The first kappa shape index (κ1) is 15.0. The summed E-state index contributed by atoms with van der Waals surface area (Å²) < 4.78 is 1.60. The highest BCUT2D eigenvalue weighted by atomic mass is 16.4. The second kappa shape index (κ2) is 6.08. The van der Waals surface area contributed by atoms with E-state index in [-0.39, 0.29) is 18.1 Å². The van der Waals surface area contributed by atoms with Crippen molar-refractivity contribution in [1.29, 1.82) is 0 Å². The molecule has 23 heavy (non-hydrogen) atoms. The first-order chi connectivity index (χ1) is 11.1. The van der Waals surface area contributed by atoms with E-state index in [1.165, 1.54) is 6.08 Å². The van der Waals surface area contributed by atoms with Crippen LogP contribution in [0.5, 0.6) is 0 Å². The van der Waals surface area contributed by atoms with Crippen molar-refractivity contribution in [3.05, 3.63) is 58.9 Å². The van der Waals surface area contributed by atoms with Gasteiger partial charge in [0.25, 0.3) is 0 Å². The van der Waals surface area contributed by atoms with E-state index in [4.69, 9.17) is 0 Å². The maximum atomic E-state index is 12.3. The molecule has 0 fully saturated rings. The molecular weight excluding hydrogens is 294 g/mol. The van der Waals surface area contributed by atoms with Gasteiger partial charge in [0.15, 0.2) is 5.69 Å². The van der Waals surface area contributed by atoms with E-state index in [0.29, 0.717) is 18.5 Å². The van der Waals surface area contributed by atoms with Crippen molar-refractivity contribution in [3.63, 3.8) is 0 Å². The average Bonchev–Trinajstić information content (AvgIpc) is 2.90. The molecule has 118 valence electrons. The van der Waals surface area contributed by atoms with Gasteiger partial charge >= 0.3 is 5.97 Å². The quantitative estimate of drug-likeness (QED) is 0.876. The molecule has 3 rings (SSSR count). The zero-order chi connectivity index (χ0) is 16.4. The van der Waals surface area contributed by atoms with Gasteiger partial charge in [-0.05, 0) is 11.6 Å². The number of hydrogen-bond acceptors (Lipinski definition) is 3. The molecule has 1 N–H and O–H groups in total. The summed E-state index contributed by atoms with van der Waals surface area (Å²) in [5.41, 5.74) is 2.50. The van der Waals surface area contributed by atoms with Crippen LogP contribution in [0.1, 0.15) is 27.3 Å². The number of benzene rings is 1. The molecule has 6 nitrogen and oxygen atoms in total. The van der Waals surface area contributed by atoms with E-state index in [9.17, 15) is 14.7 Å². The molecule has 0 aliphatic carbocycles. The lowest BCUT2D eigenvalue weighted by molar-refractivity contribution is -0.126. The Morgan fingerprint density at radius 3 is 2.70 bits per heavy atom. The Kier molecular flexibility index (Phi) is 3.97. The highest BCUT2D eigenvalue weighted by Crippen LogP contribution is 2.22. The number of aromatic nitrogens is 2. The SMILES string of the molecule is Cn1nc(C(=O)O)c2c1CCN(C(=O)/C=C/c1ccccc1)C2. The number of aryl methyl sites for hydroxylation is 1. The summed E-state index contributed by atoms with van der Waals surface area (Å²) in [5.74, 6) is -1.18. The molecule has 0 radical (unpaired) electrons. The van der Waals surface area contributed by atoms with E-state index in [0.717, 1.165) is 11.3 Å². The second-order valence-electron chi connectivity index (χ2n) is 5.46. The number of carboxylic acid groups (broad SMARTS) is 1. The van der Waals surface area contributed by atoms with Crippen LogP contribution in [0.15, 0.2) is 36.4 Å². The monoisotopic (exact) mass is 311 g/mol. The van der Waals surface area contributed by atoms with Gasteiger partial charge in [-0.2, -0.15) is 5.10 Å². The summed E-state index contributed by atoms with van der Waals surface area (Å²) in [7, 11) is 1.73. The van der Waals surface area contributed by atoms with Crippen molar-refractivity contribution in [3.8, 4) is 0 Å². The van der Waals surface area contributed by atoms with Crippen LogP contribution >= 0.6 is 0 Å². The second-order valence-corrected chi connectivity index (χ2v) is 5.46. The molecule has 0 unspecified atom stereocenters. The van der Waals surface area contributed by atoms with E-state index in [1.807, 2.05) is 30.3 Å². The predicted molar refractivity (Wildman–Crippen MR) is 84.8 cm³/mol. The lowest BCUT2D eigenvalue weighted by atomic mass is 10.0. The van der Waals surface area contributed by atoms with Gasteiger partial charge in [0.2, 0.25) is 5.91 Å². The molecule has 0 atom stereocenters. The van der Waals surface area contributed by atoms with E-state index >= 15 is 0 Å². The molecule has 0 spiro atoms. The maximum Gasteiger partial charge on any atom is 0.356 e. The number of carbonyl (C=O) groups is 2. The molecule has 1 amide bonds. The van der Waals surface area contributed by atoms with Crippen LogP contribution < -0.4 is 0 Å². The van der Waals surface area contributed by atoms with Crippen LogP contribution in [0, 0.1) is 0 Å². The number of amides is 1. The molecule has 2 heterocycles. The van der Waals surface area contributed by atoms with Gasteiger partial charge in [-0.3, -0.25) is 9.48 Å². The van der Waals surface area contributed by atoms with Gasteiger partial charge in [-0.15, -0.1) is 0 Å². The maximum absolute atomic E-state index is 12.3. The Balaban J connectivity index is 1.78. The van der Waals surface area contributed by atoms with E-state index in [2.05, 4.69) is 5.10 Å². The molecule has 1 aliphatic heterocycles. The minimum Gasteiger partial charge on any atom is -0.476 e. The molecule has 6 heteroatoms. The molecule has 0 saturated carbocycles. The largest absolute Gasteiger partial charge is 0.476 e. The van der Waals surface area contributed by atoms with Crippen molar-refractivity contribution >= 4 is 18.0 Å². The highest BCUT2D eigenvalue weighted by Gasteiger charge is 2.28. The van der Waals surface area contributed by atoms with Gasteiger partial charge in [0.05, 0.1) is 6.54 Å². The zero-order valence-corrected chi connectivity index (χ0v) is 12.8. The summed E-state index contributed by atoms with van der Waals surface area (Å²) in [6.07, 6.45) is 3.90. The van der Waals surface area contributed by atoms with Crippen LogP contribution in [0.4, 0.5) is 0 Å². The fraction of sp³-hybridized carbons (Fsp3) is 0.235. The van der Waals surface area contributed by atoms with Crippen LogP contribution in [0.2, 0.25) is 0 Å². The normalized spacial score (nSPS) is 14.0. The molecular formula is C17H17N3O3. The van der Waals surface area contributed by atoms with Gasteiger partial charge in [-0.25, -0.2) is 4.79 Å². The third-order valence-electron chi connectivity index (χ3n) is 3.97. The third kappa shape index (κ3) is 3.01. The Hall–Kier alpha value is -2.89. The molecule has 1 aromatic carbocycles. The van der Waals surface area contributed by atoms with Crippen molar-refractivity contribution in [1.82, 2.24) is 14.7 Å². The van der Waals surface area contributed by atoms with Gasteiger partial charge < -0.3 is 10.0 Å². The molecule has 0 saturated heterocycles. The first-order valence-electron chi connectivity index (χ1n) is 7.36. The fourth-order valence-electron chi connectivity index (χ4n) is 2.79. The Morgan fingerprint density at radius 2 is 2.00 bits per heavy atom. The summed E-state index contributed by atoms with van der Waals surface area (Å²) in [6.45, 7) is 0.840. The number of carbonyl (C=O) groups excluding carboxylic acids is 1.